The number of hydrogen-bond donors (Lipinski definition) is 3. The van der Waals surface area contributed by atoms with Crippen LogP contribution in [0.4, 0.5) is 16.2 Å². The monoisotopic (exact) mass is 305 g/mol. The average molecular weight is 306 g/mol. The Morgan fingerprint density at radius 3 is 2.30 bits per heavy atom. The first-order valence-electron chi connectivity index (χ1n) is 5.78. The number of halogens is 1. The standard InChI is InChI=1S/C14H12ClN3OS/c15-11-3-1-2-4-12(11)18-14(19)17-10-7-5-9(6-8-10)13(16)20/h1-8H,(H2,16,20)(H2,17,18,19). The van der Waals surface area contributed by atoms with E-state index in [0.29, 0.717) is 21.4 Å². The quantitative estimate of drug-likeness (QED) is 0.759. The van der Waals surface area contributed by atoms with Crippen LogP contribution in [0, 0.1) is 0 Å². The smallest absolute Gasteiger partial charge is 0.323 e. The predicted octanol–water partition coefficient (Wildman–Crippen LogP) is 3.62. The number of hydrogen-bond acceptors (Lipinski definition) is 2. The predicted molar refractivity (Wildman–Crippen MR) is 86.4 cm³/mol. The summed E-state index contributed by atoms with van der Waals surface area (Å²) in [5, 5.41) is 5.83. The van der Waals surface area contributed by atoms with Crippen LogP contribution in [0.15, 0.2) is 48.5 Å². The third-order valence-electron chi connectivity index (χ3n) is 2.55. The van der Waals surface area contributed by atoms with E-state index in [9.17, 15) is 4.79 Å². The van der Waals surface area contributed by atoms with Gasteiger partial charge in [-0.2, -0.15) is 0 Å². The lowest BCUT2D eigenvalue weighted by Crippen LogP contribution is -2.19. The van der Waals surface area contributed by atoms with Crippen LogP contribution in [-0.4, -0.2) is 11.0 Å². The maximum Gasteiger partial charge on any atom is 0.323 e. The molecule has 0 aliphatic carbocycles. The summed E-state index contributed by atoms with van der Waals surface area (Å²) in [5.41, 5.74) is 7.43. The van der Waals surface area contributed by atoms with Crippen LogP contribution >= 0.6 is 23.8 Å². The maximum absolute atomic E-state index is 11.8. The Morgan fingerprint density at radius 1 is 1.05 bits per heavy atom. The van der Waals surface area contributed by atoms with Gasteiger partial charge < -0.3 is 16.4 Å². The molecule has 0 atom stereocenters. The minimum absolute atomic E-state index is 0.317. The molecule has 6 heteroatoms. The normalized spacial score (nSPS) is 9.85. The minimum Gasteiger partial charge on any atom is -0.389 e. The highest BCUT2D eigenvalue weighted by molar-refractivity contribution is 7.80. The summed E-state index contributed by atoms with van der Waals surface area (Å²) in [5.74, 6) is 0. The topological polar surface area (TPSA) is 67.1 Å². The molecule has 0 bridgehead atoms. The number of rotatable bonds is 3. The minimum atomic E-state index is -0.374. The zero-order valence-corrected chi connectivity index (χ0v) is 12.0. The van der Waals surface area contributed by atoms with Crippen molar-refractivity contribution < 1.29 is 4.79 Å². The van der Waals surface area contributed by atoms with E-state index in [1.54, 1.807) is 48.5 Å². The third-order valence-corrected chi connectivity index (χ3v) is 3.11. The van der Waals surface area contributed by atoms with E-state index in [-0.39, 0.29) is 6.03 Å². The number of para-hydroxylation sites is 1. The van der Waals surface area contributed by atoms with Crippen molar-refractivity contribution in [2.75, 3.05) is 10.6 Å². The van der Waals surface area contributed by atoms with Gasteiger partial charge in [-0.05, 0) is 36.4 Å². The van der Waals surface area contributed by atoms with E-state index in [1.807, 2.05) is 0 Å². The van der Waals surface area contributed by atoms with Crippen molar-refractivity contribution >= 4 is 46.2 Å². The number of carbonyl (C=O) groups excluding carboxylic acids is 1. The molecule has 2 rings (SSSR count). The fourth-order valence-electron chi connectivity index (χ4n) is 1.57. The molecule has 0 radical (unpaired) electrons. The largest absolute Gasteiger partial charge is 0.389 e. The molecule has 4 nitrogen and oxygen atoms in total. The zero-order valence-electron chi connectivity index (χ0n) is 10.4. The van der Waals surface area contributed by atoms with Crippen LogP contribution in [0.1, 0.15) is 5.56 Å². The van der Waals surface area contributed by atoms with Crippen LogP contribution in [0.25, 0.3) is 0 Å². The van der Waals surface area contributed by atoms with Gasteiger partial charge in [0.15, 0.2) is 0 Å². The summed E-state index contributed by atoms with van der Waals surface area (Å²) in [7, 11) is 0. The molecule has 102 valence electrons. The maximum atomic E-state index is 11.8. The van der Waals surface area contributed by atoms with Gasteiger partial charge in [-0.15, -0.1) is 0 Å². The van der Waals surface area contributed by atoms with Gasteiger partial charge in [-0.25, -0.2) is 4.79 Å². The fraction of sp³-hybridized carbons (Fsp3) is 0. The van der Waals surface area contributed by atoms with Crippen molar-refractivity contribution in [3.8, 4) is 0 Å². The van der Waals surface area contributed by atoms with Crippen molar-refractivity contribution in [2.45, 2.75) is 0 Å². The van der Waals surface area contributed by atoms with Crippen LogP contribution in [-0.2, 0) is 0 Å². The van der Waals surface area contributed by atoms with E-state index in [1.165, 1.54) is 0 Å². The van der Waals surface area contributed by atoms with Crippen LogP contribution in [0.2, 0.25) is 5.02 Å². The van der Waals surface area contributed by atoms with Crippen molar-refractivity contribution in [1.29, 1.82) is 0 Å². The first kappa shape index (κ1) is 14.3. The van der Waals surface area contributed by atoms with Gasteiger partial charge in [0.2, 0.25) is 0 Å². The summed E-state index contributed by atoms with van der Waals surface area (Å²) in [6.45, 7) is 0. The molecule has 0 aromatic heterocycles. The molecule has 0 aliphatic rings. The highest BCUT2D eigenvalue weighted by Crippen LogP contribution is 2.20. The van der Waals surface area contributed by atoms with Crippen LogP contribution in [0.5, 0.6) is 0 Å². The Hall–Kier alpha value is -2.11. The van der Waals surface area contributed by atoms with Gasteiger partial charge in [0.1, 0.15) is 4.99 Å². The van der Waals surface area contributed by atoms with E-state index in [2.05, 4.69) is 10.6 Å². The average Bonchev–Trinajstić information content (AvgIpc) is 2.42. The number of nitrogens with two attached hydrogens (primary N) is 1. The second-order valence-corrected chi connectivity index (χ2v) is 4.85. The number of thiocarbonyl (C=S) groups is 1. The molecule has 4 N–H and O–H groups in total. The number of anilines is 2. The molecule has 0 aliphatic heterocycles. The summed E-state index contributed by atoms with van der Waals surface area (Å²) < 4.78 is 0. The van der Waals surface area contributed by atoms with Crippen molar-refractivity contribution in [1.82, 2.24) is 0 Å². The van der Waals surface area contributed by atoms with E-state index < -0.39 is 0 Å². The summed E-state index contributed by atoms with van der Waals surface area (Å²) in [6.07, 6.45) is 0. The Kier molecular flexibility index (Phi) is 4.55. The zero-order chi connectivity index (χ0) is 14.5. The number of nitrogens with one attached hydrogen (secondary N) is 2. The van der Waals surface area contributed by atoms with Gasteiger partial charge in [-0.1, -0.05) is 36.0 Å². The lowest BCUT2D eigenvalue weighted by Gasteiger charge is -2.09. The van der Waals surface area contributed by atoms with E-state index in [0.717, 1.165) is 5.56 Å². The van der Waals surface area contributed by atoms with Crippen molar-refractivity contribution in [3.05, 3.63) is 59.1 Å². The molecule has 0 unspecified atom stereocenters. The Bertz CT molecular complexity index is 643. The molecule has 0 heterocycles. The molecule has 0 spiro atoms. The molecular formula is C14H12ClN3OS. The number of amides is 2. The summed E-state index contributed by atoms with van der Waals surface area (Å²) >= 11 is 10.8. The summed E-state index contributed by atoms with van der Waals surface area (Å²) in [4.78, 5) is 12.1. The number of carbonyl (C=O) groups is 1. The van der Waals surface area contributed by atoms with Crippen molar-refractivity contribution in [3.63, 3.8) is 0 Å². The molecule has 0 fully saturated rings. The number of urea groups is 1. The first-order valence-corrected chi connectivity index (χ1v) is 6.57. The van der Waals surface area contributed by atoms with Gasteiger partial charge in [0, 0.05) is 11.3 Å². The third kappa shape index (κ3) is 3.69. The Balaban J connectivity index is 2.01. The lowest BCUT2D eigenvalue weighted by molar-refractivity contribution is 0.262. The van der Waals surface area contributed by atoms with Gasteiger partial charge in [-0.3, -0.25) is 0 Å². The molecule has 2 aromatic carbocycles. The molecule has 2 aromatic rings. The molecule has 0 saturated heterocycles. The van der Waals surface area contributed by atoms with Gasteiger partial charge >= 0.3 is 6.03 Å². The van der Waals surface area contributed by atoms with Crippen molar-refractivity contribution in [2.24, 2.45) is 5.73 Å². The number of benzene rings is 2. The summed E-state index contributed by atoms with van der Waals surface area (Å²) in [6, 6.07) is 13.6. The highest BCUT2D eigenvalue weighted by atomic mass is 35.5. The first-order chi connectivity index (χ1) is 9.56. The second-order valence-electron chi connectivity index (χ2n) is 4.00. The molecule has 2 amide bonds. The molecule has 0 saturated carbocycles. The van der Waals surface area contributed by atoms with Crippen LogP contribution in [0.3, 0.4) is 0 Å². The molecule has 20 heavy (non-hydrogen) atoms. The highest BCUT2D eigenvalue weighted by Gasteiger charge is 2.05. The van der Waals surface area contributed by atoms with E-state index >= 15 is 0 Å². The second kappa shape index (κ2) is 6.36. The van der Waals surface area contributed by atoms with Crippen LogP contribution < -0.4 is 16.4 Å². The Morgan fingerprint density at radius 2 is 1.70 bits per heavy atom. The SMILES string of the molecule is NC(=S)c1ccc(NC(=O)Nc2ccccc2Cl)cc1. The van der Waals surface area contributed by atoms with E-state index in [4.69, 9.17) is 29.6 Å². The Labute approximate surface area is 126 Å². The molecular weight excluding hydrogens is 294 g/mol. The van der Waals surface area contributed by atoms with Gasteiger partial charge in [0.25, 0.3) is 0 Å². The fourth-order valence-corrected chi connectivity index (χ4v) is 1.88. The lowest BCUT2D eigenvalue weighted by atomic mass is 10.2. The van der Waals surface area contributed by atoms with Gasteiger partial charge in [0.05, 0.1) is 10.7 Å².